The van der Waals surface area contributed by atoms with Gasteiger partial charge in [0.05, 0.1) is 7.11 Å². The van der Waals surface area contributed by atoms with Gasteiger partial charge in [0.2, 0.25) is 0 Å². The summed E-state index contributed by atoms with van der Waals surface area (Å²) in [5, 5.41) is 7.45. The predicted octanol–water partition coefficient (Wildman–Crippen LogP) is 3.05. The average Bonchev–Trinajstić information content (AvgIpc) is 3.39. The Morgan fingerprint density at radius 3 is 2.63 bits per heavy atom. The second kappa shape index (κ2) is 7.25. The number of rotatable bonds is 5. The van der Waals surface area contributed by atoms with E-state index >= 15 is 0 Å². The van der Waals surface area contributed by atoms with Gasteiger partial charge in [-0.3, -0.25) is 4.68 Å². The topological polar surface area (TPSA) is 59.4 Å². The number of carbonyl (C=O) groups is 1. The molecule has 0 unspecified atom stereocenters. The second-order valence-corrected chi connectivity index (χ2v) is 7.78. The molecule has 1 saturated carbocycles. The molecule has 1 aliphatic heterocycles. The molecule has 27 heavy (non-hydrogen) atoms. The van der Waals surface area contributed by atoms with Gasteiger partial charge in [-0.15, -0.1) is 0 Å². The highest BCUT2D eigenvalue weighted by molar-refractivity contribution is 5.74. The number of carbonyl (C=O) groups excluding carboxylic acids is 1. The Hall–Kier alpha value is -2.50. The monoisotopic (exact) mass is 368 g/mol. The Kier molecular flexibility index (Phi) is 4.81. The van der Waals surface area contributed by atoms with Gasteiger partial charge in [-0.2, -0.15) is 5.10 Å². The van der Waals surface area contributed by atoms with E-state index in [2.05, 4.69) is 22.5 Å². The van der Waals surface area contributed by atoms with Gasteiger partial charge in [0, 0.05) is 55.5 Å². The molecule has 2 aromatic rings. The van der Waals surface area contributed by atoms with Crippen LogP contribution < -0.4 is 10.1 Å². The van der Waals surface area contributed by atoms with Crippen molar-refractivity contribution in [2.45, 2.75) is 37.0 Å². The lowest BCUT2D eigenvalue weighted by Crippen LogP contribution is -2.46. The van der Waals surface area contributed by atoms with Crippen LogP contribution in [-0.2, 0) is 12.5 Å². The highest BCUT2D eigenvalue weighted by Crippen LogP contribution is 2.50. The zero-order valence-corrected chi connectivity index (χ0v) is 16.1. The lowest BCUT2D eigenvalue weighted by atomic mass is 9.93. The number of benzene rings is 1. The molecular weight excluding hydrogens is 340 g/mol. The number of methoxy groups -OCH3 is 1. The Morgan fingerprint density at radius 2 is 2.00 bits per heavy atom. The lowest BCUT2D eigenvalue weighted by molar-refractivity contribution is 0.179. The molecule has 144 valence electrons. The third-order valence-electron chi connectivity index (χ3n) is 6.17. The number of nitrogens with one attached hydrogen (secondary N) is 1. The van der Waals surface area contributed by atoms with E-state index in [0.29, 0.717) is 12.5 Å². The van der Waals surface area contributed by atoms with Crippen molar-refractivity contribution in [3.05, 3.63) is 47.8 Å². The SMILES string of the molecule is COc1ccccc1C1(CNC(=O)N2CCC(c3ccnn3C)CC2)CC1. The van der Waals surface area contributed by atoms with Crippen LogP contribution in [0.25, 0.3) is 0 Å². The summed E-state index contributed by atoms with van der Waals surface area (Å²) in [7, 11) is 3.70. The fraction of sp³-hybridized carbons (Fsp3) is 0.524. The molecule has 2 heterocycles. The zero-order chi connectivity index (χ0) is 18.9. The molecule has 1 saturated heterocycles. The summed E-state index contributed by atoms with van der Waals surface area (Å²) in [5.41, 5.74) is 2.51. The smallest absolute Gasteiger partial charge is 0.317 e. The first-order chi connectivity index (χ1) is 13.1. The van der Waals surface area contributed by atoms with E-state index in [0.717, 1.165) is 44.5 Å². The standard InChI is InChI=1S/C21H28N4O2/c1-24-18(7-12-23-24)16-8-13-25(14-9-16)20(26)22-15-21(10-11-21)17-5-3-4-6-19(17)27-2/h3-7,12,16H,8-11,13-15H2,1-2H3,(H,22,26). The van der Waals surface area contributed by atoms with Gasteiger partial charge in [0.15, 0.2) is 0 Å². The van der Waals surface area contributed by atoms with Crippen LogP contribution in [0, 0.1) is 0 Å². The minimum Gasteiger partial charge on any atom is -0.496 e. The maximum Gasteiger partial charge on any atom is 0.317 e. The van der Waals surface area contributed by atoms with Crippen molar-refractivity contribution in [1.82, 2.24) is 20.0 Å². The largest absolute Gasteiger partial charge is 0.496 e. The number of aromatic nitrogens is 2. The number of ether oxygens (including phenoxy) is 1. The van der Waals surface area contributed by atoms with E-state index < -0.39 is 0 Å². The third kappa shape index (κ3) is 3.53. The van der Waals surface area contributed by atoms with Crippen molar-refractivity contribution in [3.63, 3.8) is 0 Å². The van der Waals surface area contributed by atoms with Gasteiger partial charge in [-0.05, 0) is 37.8 Å². The molecule has 2 aliphatic rings. The fourth-order valence-corrected chi connectivity index (χ4v) is 4.29. The van der Waals surface area contributed by atoms with Gasteiger partial charge < -0.3 is 15.0 Å². The van der Waals surface area contributed by atoms with Crippen molar-refractivity contribution < 1.29 is 9.53 Å². The average molecular weight is 368 g/mol. The number of nitrogens with zero attached hydrogens (tertiary/aromatic N) is 3. The molecule has 2 amide bonds. The van der Waals surface area contributed by atoms with Crippen LogP contribution in [0.15, 0.2) is 36.5 Å². The van der Waals surface area contributed by atoms with Gasteiger partial charge in [-0.1, -0.05) is 18.2 Å². The molecular formula is C21H28N4O2. The van der Waals surface area contributed by atoms with Crippen molar-refractivity contribution in [2.24, 2.45) is 7.05 Å². The molecule has 1 aromatic carbocycles. The normalized spacial score (nSPS) is 19.0. The highest BCUT2D eigenvalue weighted by Gasteiger charge is 2.46. The van der Waals surface area contributed by atoms with Crippen LogP contribution in [0.3, 0.4) is 0 Å². The summed E-state index contributed by atoms with van der Waals surface area (Å²) in [5.74, 6) is 1.41. The third-order valence-corrected chi connectivity index (χ3v) is 6.17. The van der Waals surface area contributed by atoms with Gasteiger partial charge >= 0.3 is 6.03 Å². The van der Waals surface area contributed by atoms with Gasteiger partial charge in [0.25, 0.3) is 0 Å². The van der Waals surface area contributed by atoms with E-state index in [-0.39, 0.29) is 11.4 Å². The molecule has 1 aromatic heterocycles. The van der Waals surface area contributed by atoms with Crippen molar-refractivity contribution >= 4 is 6.03 Å². The quantitative estimate of drug-likeness (QED) is 0.882. The van der Waals surface area contributed by atoms with Crippen LogP contribution in [-0.4, -0.2) is 47.5 Å². The molecule has 1 N–H and O–H groups in total. The summed E-state index contributed by atoms with van der Waals surface area (Å²) in [6, 6.07) is 10.3. The predicted molar refractivity (Wildman–Crippen MR) is 104 cm³/mol. The first kappa shape index (κ1) is 17.9. The number of aryl methyl sites for hydroxylation is 1. The summed E-state index contributed by atoms with van der Waals surface area (Å²) in [6.45, 7) is 2.26. The number of urea groups is 1. The van der Waals surface area contributed by atoms with Crippen molar-refractivity contribution in [3.8, 4) is 5.75 Å². The van der Waals surface area contributed by atoms with Gasteiger partial charge in [0.1, 0.15) is 5.75 Å². The Morgan fingerprint density at radius 1 is 1.26 bits per heavy atom. The molecule has 0 spiro atoms. The van der Waals surface area contributed by atoms with E-state index in [1.165, 1.54) is 11.3 Å². The minimum atomic E-state index is 0.0370. The summed E-state index contributed by atoms with van der Waals surface area (Å²) < 4.78 is 7.47. The Bertz CT molecular complexity index is 804. The number of hydrogen-bond acceptors (Lipinski definition) is 3. The van der Waals surface area contributed by atoms with Crippen LogP contribution in [0.5, 0.6) is 5.75 Å². The molecule has 0 atom stereocenters. The van der Waals surface area contributed by atoms with E-state index in [4.69, 9.17) is 4.74 Å². The molecule has 0 bridgehead atoms. The Labute approximate surface area is 160 Å². The lowest BCUT2D eigenvalue weighted by Gasteiger charge is -2.32. The van der Waals surface area contributed by atoms with E-state index in [1.54, 1.807) is 7.11 Å². The van der Waals surface area contributed by atoms with Crippen LogP contribution in [0.2, 0.25) is 0 Å². The van der Waals surface area contributed by atoms with Crippen molar-refractivity contribution in [2.75, 3.05) is 26.7 Å². The molecule has 6 heteroatoms. The minimum absolute atomic E-state index is 0.0370. The summed E-state index contributed by atoms with van der Waals surface area (Å²) in [6.07, 6.45) is 6.02. The molecule has 1 aliphatic carbocycles. The van der Waals surface area contributed by atoms with E-state index in [1.807, 2.05) is 41.0 Å². The van der Waals surface area contributed by atoms with Crippen molar-refractivity contribution in [1.29, 1.82) is 0 Å². The zero-order valence-electron chi connectivity index (χ0n) is 16.1. The fourth-order valence-electron chi connectivity index (χ4n) is 4.29. The number of piperidine rings is 1. The summed E-state index contributed by atoms with van der Waals surface area (Å²) >= 11 is 0. The highest BCUT2D eigenvalue weighted by atomic mass is 16.5. The molecule has 0 radical (unpaired) electrons. The number of likely N-dealkylation sites (tertiary alicyclic amines) is 1. The van der Waals surface area contributed by atoms with Crippen LogP contribution >= 0.6 is 0 Å². The Balaban J connectivity index is 1.32. The van der Waals surface area contributed by atoms with Gasteiger partial charge in [-0.25, -0.2) is 4.79 Å². The number of amides is 2. The molecule has 4 rings (SSSR count). The first-order valence-corrected chi connectivity index (χ1v) is 9.77. The molecule has 6 nitrogen and oxygen atoms in total. The maximum absolute atomic E-state index is 12.7. The van der Waals surface area contributed by atoms with Crippen LogP contribution in [0.1, 0.15) is 42.9 Å². The number of hydrogen-bond donors (Lipinski definition) is 1. The summed E-state index contributed by atoms with van der Waals surface area (Å²) in [4.78, 5) is 14.6. The first-order valence-electron chi connectivity index (χ1n) is 9.77. The maximum atomic E-state index is 12.7. The number of para-hydroxylation sites is 1. The van der Waals surface area contributed by atoms with Crippen LogP contribution in [0.4, 0.5) is 4.79 Å². The second-order valence-electron chi connectivity index (χ2n) is 7.78. The van der Waals surface area contributed by atoms with E-state index in [9.17, 15) is 4.79 Å². The molecule has 2 fully saturated rings.